The first-order chi connectivity index (χ1) is 16.6. The molecule has 0 unspecified atom stereocenters. The van der Waals surface area contributed by atoms with Crippen molar-refractivity contribution < 1.29 is 17.6 Å². The lowest BCUT2D eigenvalue weighted by Crippen LogP contribution is -2.62. The molecule has 1 aromatic carbocycles. The largest absolute Gasteiger partial charge is 0.401 e. The van der Waals surface area contributed by atoms with Gasteiger partial charge in [0.05, 0.1) is 18.8 Å². The van der Waals surface area contributed by atoms with E-state index in [0.717, 1.165) is 43.1 Å². The highest BCUT2D eigenvalue weighted by Crippen LogP contribution is 2.56. The van der Waals surface area contributed by atoms with Crippen LogP contribution in [-0.2, 0) is 13.1 Å². The minimum Gasteiger partial charge on any atom is -0.353 e. The number of alkyl halides is 3. The van der Waals surface area contributed by atoms with Crippen LogP contribution < -0.4 is 4.90 Å². The molecule has 1 aliphatic carbocycles. The molecule has 1 saturated carbocycles. The molecule has 0 atom stereocenters. The van der Waals surface area contributed by atoms with Gasteiger partial charge in [-0.3, -0.25) is 9.47 Å². The summed E-state index contributed by atoms with van der Waals surface area (Å²) < 4.78 is 55.7. The quantitative estimate of drug-likeness (QED) is 0.467. The topological polar surface area (TPSA) is 50.1 Å². The van der Waals surface area contributed by atoms with Crippen molar-refractivity contribution in [2.75, 3.05) is 24.5 Å². The predicted molar refractivity (Wildman–Crippen MR) is 122 cm³/mol. The fraction of sp³-hybridized carbons (Fsp3) is 0.458. The van der Waals surface area contributed by atoms with E-state index in [9.17, 15) is 17.6 Å². The van der Waals surface area contributed by atoms with Gasteiger partial charge in [-0.1, -0.05) is 11.6 Å². The molecule has 0 bridgehead atoms. The molecular weight excluding hydrogens is 484 g/mol. The highest BCUT2D eigenvalue weighted by Gasteiger charge is 2.55. The van der Waals surface area contributed by atoms with Crippen LogP contribution in [0, 0.1) is 18.2 Å². The molecule has 6 nitrogen and oxygen atoms in total. The molecule has 184 valence electrons. The van der Waals surface area contributed by atoms with Crippen LogP contribution in [0.1, 0.15) is 41.7 Å². The summed E-state index contributed by atoms with van der Waals surface area (Å²) in [6.45, 7) is 2.43. The third-order valence-electron chi connectivity index (χ3n) is 7.24. The van der Waals surface area contributed by atoms with Crippen molar-refractivity contribution >= 4 is 17.4 Å². The Balaban J connectivity index is 1.24. The molecular formula is C24H23ClF4N6. The summed E-state index contributed by atoms with van der Waals surface area (Å²) in [5.74, 6) is 1.47. The zero-order chi connectivity index (χ0) is 24.5. The average molecular weight is 507 g/mol. The van der Waals surface area contributed by atoms with Gasteiger partial charge in [-0.25, -0.2) is 9.37 Å². The number of aryl methyl sites for hydroxylation is 1. The van der Waals surface area contributed by atoms with E-state index in [2.05, 4.69) is 15.2 Å². The van der Waals surface area contributed by atoms with Crippen LogP contribution in [0.25, 0.3) is 5.69 Å². The number of anilines is 1. The minimum absolute atomic E-state index is 0.0444. The molecule has 0 amide bonds. The number of benzene rings is 1. The summed E-state index contributed by atoms with van der Waals surface area (Å²) in [6.07, 6.45) is -2.59. The van der Waals surface area contributed by atoms with E-state index in [1.165, 1.54) is 11.0 Å². The number of hydrogen-bond donors (Lipinski definition) is 0. The number of rotatable bonds is 3. The molecule has 4 heterocycles. The molecule has 35 heavy (non-hydrogen) atoms. The molecule has 1 saturated heterocycles. The van der Waals surface area contributed by atoms with E-state index in [-0.39, 0.29) is 30.2 Å². The third-order valence-corrected chi connectivity index (χ3v) is 7.48. The van der Waals surface area contributed by atoms with Gasteiger partial charge in [-0.2, -0.15) is 13.2 Å². The van der Waals surface area contributed by atoms with Crippen LogP contribution in [0.3, 0.4) is 0 Å². The van der Waals surface area contributed by atoms with Gasteiger partial charge in [0, 0.05) is 41.7 Å². The lowest BCUT2D eigenvalue weighted by molar-refractivity contribution is -0.148. The van der Waals surface area contributed by atoms with Gasteiger partial charge in [0.15, 0.2) is 17.5 Å². The second-order valence-corrected chi connectivity index (χ2v) is 10.5. The van der Waals surface area contributed by atoms with Crippen molar-refractivity contribution in [3.05, 3.63) is 64.1 Å². The maximum absolute atomic E-state index is 14.2. The Kier molecular flexibility index (Phi) is 5.12. The molecule has 2 aromatic heterocycles. The maximum atomic E-state index is 14.2. The van der Waals surface area contributed by atoms with Crippen molar-refractivity contribution in [3.8, 4) is 5.69 Å². The van der Waals surface area contributed by atoms with E-state index in [4.69, 9.17) is 11.6 Å². The first-order valence-corrected chi connectivity index (χ1v) is 11.9. The number of pyridine rings is 1. The van der Waals surface area contributed by atoms with E-state index >= 15 is 0 Å². The highest BCUT2D eigenvalue weighted by atomic mass is 35.5. The van der Waals surface area contributed by atoms with Gasteiger partial charge >= 0.3 is 6.18 Å². The summed E-state index contributed by atoms with van der Waals surface area (Å²) in [6, 6.07) is 8.39. The molecule has 1 spiro atoms. The Hall–Kier alpha value is -2.72. The molecule has 0 radical (unpaired) electrons. The Morgan fingerprint density at radius 1 is 1.09 bits per heavy atom. The van der Waals surface area contributed by atoms with Gasteiger partial charge in [0.1, 0.15) is 5.82 Å². The van der Waals surface area contributed by atoms with Crippen LogP contribution in [0.15, 0.2) is 30.3 Å². The molecule has 2 aliphatic heterocycles. The van der Waals surface area contributed by atoms with E-state index in [1.54, 1.807) is 18.2 Å². The average Bonchev–Trinajstić information content (AvgIpc) is 3.03. The number of nitrogens with zero attached hydrogens (tertiary/aromatic N) is 6. The Morgan fingerprint density at radius 3 is 2.60 bits per heavy atom. The Labute approximate surface area is 204 Å². The number of fused-ring (bicyclic) bond motifs is 3. The lowest BCUT2D eigenvalue weighted by atomic mass is 9.57. The van der Waals surface area contributed by atoms with Crippen LogP contribution in [0.4, 0.5) is 23.4 Å². The van der Waals surface area contributed by atoms with Gasteiger partial charge in [0.25, 0.3) is 0 Å². The SMILES string of the molecule is Cc1ccc(F)c(N2CC3(CC(c4nnc5n4-c4ccc(Cl)cc4CN(CC(F)(F)F)C5)C3)C2)n1. The Morgan fingerprint density at radius 2 is 1.86 bits per heavy atom. The molecule has 6 rings (SSSR count). The van der Waals surface area contributed by atoms with Crippen LogP contribution >= 0.6 is 11.6 Å². The number of halogens is 5. The normalized spacial score (nSPS) is 19.7. The first kappa shape index (κ1) is 22.7. The van der Waals surface area contributed by atoms with Gasteiger partial charge < -0.3 is 4.90 Å². The first-order valence-electron chi connectivity index (χ1n) is 11.5. The fourth-order valence-corrected chi connectivity index (χ4v) is 6.00. The summed E-state index contributed by atoms with van der Waals surface area (Å²) in [7, 11) is 0. The van der Waals surface area contributed by atoms with E-state index in [0.29, 0.717) is 22.2 Å². The second kappa shape index (κ2) is 7.89. The molecule has 0 N–H and O–H groups in total. The fourth-order valence-electron chi connectivity index (χ4n) is 5.81. The number of aromatic nitrogens is 4. The second-order valence-electron chi connectivity index (χ2n) is 10.1. The van der Waals surface area contributed by atoms with Crippen LogP contribution in [-0.4, -0.2) is 50.5 Å². The summed E-state index contributed by atoms with van der Waals surface area (Å²) in [4.78, 5) is 7.64. The molecule has 11 heteroatoms. The van der Waals surface area contributed by atoms with Crippen molar-refractivity contribution in [1.82, 2.24) is 24.6 Å². The Bertz CT molecular complexity index is 1290. The van der Waals surface area contributed by atoms with Crippen LogP contribution in [0.5, 0.6) is 0 Å². The molecule has 3 aliphatic rings. The highest BCUT2D eigenvalue weighted by molar-refractivity contribution is 6.30. The standard InChI is InChI=1S/C24H23ClF4N6/c1-14-2-4-18(26)22(30-14)34-11-23(12-34)7-16(8-23)21-32-31-20-10-33(13-24(27,28)29)9-15-6-17(25)3-5-19(15)35(20)21/h2-6,16H,7-13H2,1H3. The predicted octanol–water partition coefficient (Wildman–Crippen LogP) is 5.03. The minimum atomic E-state index is -4.32. The molecule has 2 fully saturated rings. The van der Waals surface area contributed by atoms with Crippen molar-refractivity contribution in [2.24, 2.45) is 5.41 Å². The maximum Gasteiger partial charge on any atom is 0.401 e. The molecule has 3 aromatic rings. The van der Waals surface area contributed by atoms with Crippen LogP contribution in [0.2, 0.25) is 5.02 Å². The van der Waals surface area contributed by atoms with Gasteiger partial charge in [0.2, 0.25) is 0 Å². The smallest absolute Gasteiger partial charge is 0.353 e. The zero-order valence-electron chi connectivity index (χ0n) is 19.0. The lowest BCUT2D eigenvalue weighted by Gasteiger charge is -2.59. The van der Waals surface area contributed by atoms with Crippen molar-refractivity contribution in [3.63, 3.8) is 0 Å². The summed E-state index contributed by atoms with van der Waals surface area (Å²) >= 11 is 6.18. The van der Waals surface area contributed by atoms with Gasteiger partial charge in [-0.15, -0.1) is 10.2 Å². The van der Waals surface area contributed by atoms with Gasteiger partial charge in [-0.05, 0) is 55.7 Å². The summed E-state index contributed by atoms with van der Waals surface area (Å²) in [5, 5.41) is 9.20. The number of hydrogen-bond acceptors (Lipinski definition) is 5. The van der Waals surface area contributed by atoms with Crippen molar-refractivity contribution in [2.45, 2.75) is 44.9 Å². The van der Waals surface area contributed by atoms with E-state index in [1.807, 2.05) is 22.5 Å². The summed E-state index contributed by atoms with van der Waals surface area (Å²) in [5.41, 5.74) is 2.34. The van der Waals surface area contributed by atoms with E-state index < -0.39 is 12.7 Å². The zero-order valence-corrected chi connectivity index (χ0v) is 19.7. The van der Waals surface area contributed by atoms with Crippen molar-refractivity contribution in [1.29, 1.82) is 0 Å². The third kappa shape index (κ3) is 4.06. The monoisotopic (exact) mass is 506 g/mol.